The van der Waals surface area contributed by atoms with Gasteiger partial charge in [0.25, 0.3) is 0 Å². The van der Waals surface area contributed by atoms with Gasteiger partial charge in [0, 0.05) is 22.2 Å². The molecule has 0 saturated carbocycles. The first kappa shape index (κ1) is 17.4. The lowest BCUT2D eigenvalue weighted by molar-refractivity contribution is 0.415. The molecule has 0 radical (unpaired) electrons. The van der Waals surface area contributed by atoms with Gasteiger partial charge in [0.2, 0.25) is 0 Å². The summed E-state index contributed by atoms with van der Waals surface area (Å²) in [6.07, 6.45) is 3.07. The van der Waals surface area contributed by atoms with Crippen LogP contribution >= 0.6 is 0 Å². The number of nitrogens with two attached hydrogens (primary N) is 1. The lowest BCUT2D eigenvalue weighted by Gasteiger charge is -2.07. The molecule has 3 rings (SSSR count). The van der Waals surface area contributed by atoms with Crippen LogP contribution in [-0.4, -0.2) is 25.7 Å². The van der Waals surface area contributed by atoms with Crippen molar-refractivity contribution in [2.45, 2.75) is 26.2 Å². The maximum Gasteiger partial charge on any atom is 0.119 e. The summed E-state index contributed by atoms with van der Waals surface area (Å²) < 4.78 is 10.9. The van der Waals surface area contributed by atoms with Crippen LogP contribution in [0.15, 0.2) is 36.4 Å². The van der Waals surface area contributed by atoms with Gasteiger partial charge in [-0.3, -0.25) is 0 Å². The summed E-state index contributed by atoms with van der Waals surface area (Å²) in [5.74, 6) is 1.75. The summed E-state index contributed by atoms with van der Waals surface area (Å²) in [5, 5.41) is 1.23. The summed E-state index contributed by atoms with van der Waals surface area (Å²) >= 11 is 0. The Kier molecular flexibility index (Phi) is 5.29. The van der Waals surface area contributed by atoms with E-state index in [0.717, 1.165) is 48.6 Å². The average molecular weight is 338 g/mol. The van der Waals surface area contributed by atoms with Gasteiger partial charge in [0.05, 0.1) is 14.2 Å². The molecule has 3 N–H and O–H groups in total. The fraction of sp³-hybridized carbons (Fsp3) is 0.333. The third-order valence-electron chi connectivity index (χ3n) is 4.66. The number of unbranched alkanes of at least 4 members (excludes halogenated alkanes) is 1. The van der Waals surface area contributed by atoms with Crippen LogP contribution in [-0.2, 0) is 6.42 Å². The van der Waals surface area contributed by atoms with E-state index in [1.807, 2.05) is 12.1 Å². The smallest absolute Gasteiger partial charge is 0.119 e. The Balaban J connectivity index is 2.18. The summed E-state index contributed by atoms with van der Waals surface area (Å²) in [6, 6.07) is 12.4. The molecule has 0 fully saturated rings. The molecular formula is C21H26N2O2. The van der Waals surface area contributed by atoms with Gasteiger partial charge in [-0.2, -0.15) is 0 Å². The van der Waals surface area contributed by atoms with Crippen molar-refractivity contribution in [1.82, 2.24) is 4.98 Å². The molecule has 0 aliphatic rings. The van der Waals surface area contributed by atoms with Crippen molar-refractivity contribution < 1.29 is 9.47 Å². The van der Waals surface area contributed by atoms with Crippen LogP contribution in [0.5, 0.6) is 11.5 Å². The van der Waals surface area contributed by atoms with Crippen LogP contribution in [0.4, 0.5) is 0 Å². The Hall–Kier alpha value is -2.46. The van der Waals surface area contributed by atoms with Gasteiger partial charge in [-0.1, -0.05) is 12.1 Å². The first-order chi connectivity index (χ1) is 12.2. The van der Waals surface area contributed by atoms with Gasteiger partial charge in [-0.25, -0.2) is 0 Å². The summed E-state index contributed by atoms with van der Waals surface area (Å²) in [4.78, 5) is 3.64. The van der Waals surface area contributed by atoms with Crippen LogP contribution in [0.3, 0.4) is 0 Å². The molecule has 132 valence electrons. The molecule has 0 spiro atoms. The number of methoxy groups -OCH3 is 2. The third-order valence-corrected chi connectivity index (χ3v) is 4.66. The monoisotopic (exact) mass is 338 g/mol. The predicted octanol–water partition coefficient (Wildman–Crippen LogP) is 4.44. The largest absolute Gasteiger partial charge is 0.497 e. The van der Waals surface area contributed by atoms with Gasteiger partial charge < -0.3 is 20.2 Å². The molecule has 1 heterocycles. The van der Waals surface area contributed by atoms with Crippen molar-refractivity contribution in [3.05, 3.63) is 47.5 Å². The Labute approximate surface area is 149 Å². The van der Waals surface area contributed by atoms with Crippen LogP contribution in [0.25, 0.3) is 22.2 Å². The van der Waals surface area contributed by atoms with Crippen molar-refractivity contribution >= 4 is 10.9 Å². The Bertz CT molecular complexity index is 868. The van der Waals surface area contributed by atoms with E-state index < -0.39 is 0 Å². The number of hydrogen-bond donors (Lipinski definition) is 2. The fourth-order valence-corrected chi connectivity index (χ4v) is 3.34. The Morgan fingerprint density at radius 2 is 1.80 bits per heavy atom. The zero-order valence-electron chi connectivity index (χ0n) is 15.2. The Morgan fingerprint density at radius 1 is 1.00 bits per heavy atom. The minimum Gasteiger partial charge on any atom is -0.497 e. The summed E-state index contributed by atoms with van der Waals surface area (Å²) in [5.41, 5.74) is 11.7. The van der Waals surface area contributed by atoms with Crippen LogP contribution in [0, 0.1) is 6.92 Å². The molecule has 4 nitrogen and oxygen atoms in total. The normalized spacial score (nSPS) is 11.0. The second kappa shape index (κ2) is 7.62. The van der Waals surface area contributed by atoms with Crippen molar-refractivity contribution in [3.8, 4) is 22.8 Å². The third kappa shape index (κ3) is 3.49. The first-order valence-electron chi connectivity index (χ1n) is 8.71. The van der Waals surface area contributed by atoms with Crippen molar-refractivity contribution in [2.75, 3.05) is 20.8 Å². The predicted molar refractivity (Wildman–Crippen MR) is 104 cm³/mol. The van der Waals surface area contributed by atoms with Gasteiger partial charge in [-0.15, -0.1) is 0 Å². The zero-order valence-corrected chi connectivity index (χ0v) is 15.2. The number of aromatic nitrogens is 1. The van der Waals surface area contributed by atoms with E-state index >= 15 is 0 Å². The topological polar surface area (TPSA) is 60.3 Å². The maximum absolute atomic E-state index is 5.69. The van der Waals surface area contributed by atoms with Crippen molar-refractivity contribution in [1.29, 1.82) is 0 Å². The molecule has 1 aromatic heterocycles. The van der Waals surface area contributed by atoms with E-state index in [-0.39, 0.29) is 0 Å². The molecule has 2 aromatic carbocycles. The van der Waals surface area contributed by atoms with Gasteiger partial charge >= 0.3 is 0 Å². The highest BCUT2D eigenvalue weighted by atomic mass is 16.5. The lowest BCUT2D eigenvalue weighted by Crippen LogP contribution is -1.99. The van der Waals surface area contributed by atoms with E-state index in [4.69, 9.17) is 15.2 Å². The van der Waals surface area contributed by atoms with Crippen LogP contribution in [0.1, 0.15) is 24.0 Å². The van der Waals surface area contributed by atoms with E-state index in [2.05, 4.69) is 36.2 Å². The van der Waals surface area contributed by atoms with Gasteiger partial charge in [0.15, 0.2) is 0 Å². The average Bonchev–Trinajstić information content (AvgIpc) is 3.01. The number of benzene rings is 2. The molecule has 0 atom stereocenters. The maximum atomic E-state index is 5.69. The number of nitrogens with one attached hydrogen (secondary N) is 1. The van der Waals surface area contributed by atoms with E-state index in [0.29, 0.717) is 0 Å². The molecule has 0 saturated heterocycles. The quantitative estimate of drug-likeness (QED) is 0.626. The highest BCUT2D eigenvalue weighted by Crippen LogP contribution is 2.36. The van der Waals surface area contributed by atoms with E-state index in [1.54, 1.807) is 14.2 Å². The standard InChI is InChI=1S/C21H26N2O2/c1-14-11-17(25-3)13-19-18(9-4-5-10-22)21(23-20(14)19)15-7-6-8-16(12-15)24-2/h6-8,11-13,23H,4-5,9-10,22H2,1-3H3. The number of fused-ring (bicyclic) bond motifs is 1. The summed E-state index contributed by atoms with van der Waals surface area (Å²) in [7, 11) is 3.41. The number of ether oxygens (including phenoxy) is 2. The second-order valence-electron chi connectivity index (χ2n) is 6.32. The highest BCUT2D eigenvalue weighted by molar-refractivity contribution is 5.94. The van der Waals surface area contributed by atoms with Gasteiger partial charge in [0.1, 0.15) is 11.5 Å². The summed E-state index contributed by atoms with van der Waals surface area (Å²) in [6.45, 7) is 2.83. The second-order valence-corrected chi connectivity index (χ2v) is 6.32. The SMILES string of the molecule is COc1cccc(-c2[nH]c3c(C)cc(OC)cc3c2CCCCN)c1. The van der Waals surface area contributed by atoms with Crippen LogP contribution < -0.4 is 15.2 Å². The van der Waals surface area contributed by atoms with Crippen molar-refractivity contribution in [3.63, 3.8) is 0 Å². The molecular weight excluding hydrogens is 312 g/mol. The number of H-pyrrole nitrogens is 1. The minimum atomic E-state index is 0.721. The molecule has 0 unspecified atom stereocenters. The molecule has 0 aliphatic heterocycles. The van der Waals surface area contributed by atoms with Gasteiger partial charge in [-0.05, 0) is 68.1 Å². The molecule has 3 aromatic rings. The molecule has 25 heavy (non-hydrogen) atoms. The molecule has 0 amide bonds. The number of aromatic amines is 1. The zero-order chi connectivity index (χ0) is 17.8. The molecule has 0 bridgehead atoms. The van der Waals surface area contributed by atoms with Crippen molar-refractivity contribution in [2.24, 2.45) is 5.73 Å². The fourth-order valence-electron chi connectivity index (χ4n) is 3.34. The highest BCUT2D eigenvalue weighted by Gasteiger charge is 2.16. The van der Waals surface area contributed by atoms with E-state index in [1.165, 1.54) is 22.0 Å². The number of aryl methyl sites for hydroxylation is 2. The first-order valence-corrected chi connectivity index (χ1v) is 8.71. The van der Waals surface area contributed by atoms with Crippen LogP contribution in [0.2, 0.25) is 0 Å². The molecule has 0 aliphatic carbocycles. The number of hydrogen-bond acceptors (Lipinski definition) is 3. The Morgan fingerprint density at radius 3 is 2.52 bits per heavy atom. The number of rotatable bonds is 7. The lowest BCUT2D eigenvalue weighted by atomic mass is 9.99. The van der Waals surface area contributed by atoms with E-state index in [9.17, 15) is 0 Å². The minimum absolute atomic E-state index is 0.721. The molecule has 4 heteroatoms.